The average Bonchev–Trinajstić information content (AvgIpc) is 2.60. The van der Waals surface area contributed by atoms with E-state index >= 15 is 0 Å². The molecule has 1 aliphatic heterocycles. The van der Waals surface area contributed by atoms with Gasteiger partial charge in [0.2, 0.25) is 0 Å². The van der Waals surface area contributed by atoms with Gasteiger partial charge in [-0.3, -0.25) is 0 Å². The lowest BCUT2D eigenvalue weighted by atomic mass is 9.92. The standard InChI is InChI=1S/C12H21NS/c1-4-6-8-11(13-5-2)12(3)9-7-10-14-12/h1,11,13H,5-10H2,2-3H3. The molecule has 2 atom stereocenters. The summed E-state index contributed by atoms with van der Waals surface area (Å²) in [6, 6.07) is 0.594. The van der Waals surface area contributed by atoms with Crippen molar-refractivity contribution in [2.24, 2.45) is 0 Å². The Morgan fingerprint density at radius 3 is 2.93 bits per heavy atom. The second kappa shape index (κ2) is 5.68. The first-order chi connectivity index (χ1) is 6.73. The molecule has 0 spiro atoms. The number of rotatable bonds is 5. The van der Waals surface area contributed by atoms with Crippen LogP contribution < -0.4 is 5.32 Å². The largest absolute Gasteiger partial charge is 0.313 e. The van der Waals surface area contributed by atoms with Crippen molar-refractivity contribution in [1.29, 1.82) is 0 Å². The van der Waals surface area contributed by atoms with Gasteiger partial charge in [0.05, 0.1) is 0 Å². The second-order valence-corrected chi connectivity index (χ2v) is 5.75. The van der Waals surface area contributed by atoms with Crippen molar-refractivity contribution < 1.29 is 0 Å². The quantitative estimate of drug-likeness (QED) is 0.702. The van der Waals surface area contributed by atoms with E-state index in [1.54, 1.807) is 0 Å². The summed E-state index contributed by atoms with van der Waals surface area (Å²) in [6.07, 6.45) is 10.0. The van der Waals surface area contributed by atoms with E-state index in [2.05, 4.69) is 36.8 Å². The molecular formula is C12H21NS. The molecule has 1 rings (SSSR count). The van der Waals surface area contributed by atoms with Crippen LogP contribution in [0.3, 0.4) is 0 Å². The number of hydrogen-bond acceptors (Lipinski definition) is 2. The molecule has 0 aromatic carbocycles. The molecule has 1 N–H and O–H groups in total. The van der Waals surface area contributed by atoms with Gasteiger partial charge in [0.1, 0.15) is 0 Å². The van der Waals surface area contributed by atoms with Crippen LogP contribution in [0.1, 0.15) is 39.5 Å². The molecule has 14 heavy (non-hydrogen) atoms. The minimum atomic E-state index is 0.423. The third-order valence-corrected chi connectivity index (χ3v) is 4.66. The molecule has 0 amide bonds. The van der Waals surface area contributed by atoms with Gasteiger partial charge in [0.25, 0.3) is 0 Å². The van der Waals surface area contributed by atoms with Crippen LogP contribution in [0.5, 0.6) is 0 Å². The molecule has 2 unspecified atom stereocenters. The summed E-state index contributed by atoms with van der Waals surface area (Å²) >= 11 is 2.11. The zero-order valence-corrected chi connectivity index (χ0v) is 10.1. The Morgan fingerprint density at radius 1 is 1.64 bits per heavy atom. The van der Waals surface area contributed by atoms with E-state index in [4.69, 9.17) is 6.42 Å². The molecule has 0 aromatic heterocycles. The maximum absolute atomic E-state index is 5.33. The summed E-state index contributed by atoms with van der Waals surface area (Å²) in [4.78, 5) is 0. The number of nitrogens with one attached hydrogen (secondary N) is 1. The van der Waals surface area contributed by atoms with Crippen molar-refractivity contribution in [3.8, 4) is 12.3 Å². The van der Waals surface area contributed by atoms with Gasteiger partial charge in [0, 0.05) is 17.2 Å². The lowest BCUT2D eigenvalue weighted by molar-refractivity contribution is 0.391. The van der Waals surface area contributed by atoms with E-state index in [1.807, 2.05) is 0 Å². The van der Waals surface area contributed by atoms with Gasteiger partial charge in [-0.05, 0) is 38.5 Å². The van der Waals surface area contributed by atoms with Crippen LogP contribution in [0.25, 0.3) is 0 Å². The van der Waals surface area contributed by atoms with Crippen LogP contribution >= 0.6 is 11.8 Å². The second-order valence-electron chi connectivity index (χ2n) is 4.12. The molecule has 2 heteroatoms. The highest BCUT2D eigenvalue weighted by Crippen LogP contribution is 2.41. The summed E-state index contributed by atoms with van der Waals surface area (Å²) in [6.45, 7) is 5.60. The fraction of sp³-hybridized carbons (Fsp3) is 0.833. The van der Waals surface area contributed by atoms with Gasteiger partial charge >= 0.3 is 0 Å². The summed E-state index contributed by atoms with van der Waals surface area (Å²) in [5.74, 6) is 4.06. The molecule has 0 radical (unpaired) electrons. The predicted molar refractivity (Wildman–Crippen MR) is 65.6 cm³/mol. The molecule has 1 nitrogen and oxygen atoms in total. The van der Waals surface area contributed by atoms with E-state index in [-0.39, 0.29) is 0 Å². The molecule has 0 saturated carbocycles. The summed E-state index contributed by atoms with van der Waals surface area (Å²) < 4.78 is 0.423. The van der Waals surface area contributed by atoms with Crippen LogP contribution in [-0.2, 0) is 0 Å². The minimum Gasteiger partial charge on any atom is -0.313 e. The molecule has 0 bridgehead atoms. The van der Waals surface area contributed by atoms with E-state index in [1.165, 1.54) is 18.6 Å². The van der Waals surface area contributed by atoms with E-state index in [0.717, 1.165) is 19.4 Å². The first-order valence-electron chi connectivity index (χ1n) is 5.53. The molecule has 1 saturated heterocycles. The Kier molecular flexibility index (Phi) is 4.84. The highest BCUT2D eigenvalue weighted by Gasteiger charge is 2.36. The maximum atomic E-state index is 5.33. The lowest BCUT2D eigenvalue weighted by Gasteiger charge is -2.33. The third-order valence-electron chi connectivity index (χ3n) is 3.01. The van der Waals surface area contributed by atoms with E-state index in [9.17, 15) is 0 Å². The fourth-order valence-electron chi connectivity index (χ4n) is 2.17. The van der Waals surface area contributed by atoms with Crippen LogP contribution in [0.4, 0.5) is 0 Å². The minimum absolute atomic E-state index is 0.423. The van der Waals surface area contributed by atoms with Crippen LogP contribution in [-0.4, -0.2) is 23.1 Å². The Balaban J connectivity index is 2.51. The summed E-state index contributed by atoms with van der Waals surface area (Å²) in [7, 11) is 0. The summed E-state index contributed by atoms with van der Waals surface area (Å²) in [5, 5.41) is 3.58. The Bertz CT molecular complexity index is 201. The maximum Gasteiger partial charge on any atom is 0.0285 e. The highest BCUT2D eigenvalue weighted by molar-refractivity contribution is 8.00. The van der Waals surface area contributed by atoms with Crippen LogP contribution in [0, 0.1) is 12.3 Å². The Hall–Kier alpha value is -0.130. The van der Waals surface area contributed by atoms with Crippen molar-refractivity contribution in [1.82, 2.24) is 5.32 Å². The van der Waals surface area contributed by atoms with Gasteiger partial charge in [-0.2, -0.15) is 11.8 Å². The van der Waals surface area contributed by atoms with Crippen molar-refractivity contribution in [3.63, 3.8) is 0 Å². The normalized spacial score (nSPS) is 28.6. The number of hydrogen-bond donors (Lipinski definition) is 1. The van der Waals surface area contributed by atoms with Crippen molar-refractivity contribution in [2.45, 2.75) is 50.3 Å². The van der Waals surface area contributed by atoms with E-state index < -0.39 is 0 Å². The van der Waals surface area contributed by atoms with Gasteiger partial charge in [0.15, 0.2) is 0 Å². The van der Waals surface area contributed by atoms with Crippen LogP contribution in [0.15, 0.2) is 0 Å². The molecule has 1 fully saturated rings. The third kappa shape index (κ3) is 2.93. The first kappa shape index (κ1) is 11.9. The Labute approximate surface area is 92.4 Å². The smallest absolute Gasteiger partial charge is 0.0285 e. The molecule has 0 aromatic rings. The topological polar surface area (TPSA) is 12.0 Å². The van der Waals surface area contributed by atoms with E-state index in [0.29, 0.717) is 10.8 Å². The van der Waals surface area contributed by atoms with Gasteiger partial charge in [-0.25, -0.2) is 0 Å². The highest BCUT2D eigenvalue weighted by atomic mass is 32.2. The zero-order valence-electron chi connectivity index (χ0n) is 9.31. The molecule has 80 valence electrons. The molecule has 1 aliphatic rings. The summed E-state index contributed by atoms with van der Waals surface area (Å²) in [5.41, 5.74) is 0. The monoisotopic (exact) mass is 211 g/mol. The molecular weight excluding hydrogens is 190 g/mol. The lowest BCUT2D eigenvalue weighted by Crippen LogP contribution is -2.45. The number of thioether (sulfide) groups is 1. The van der Waals surface area contributed by atoms with Crippen molar-refractivity contribution in [3.05, 3.63) is 0 Å². The fourth-order valence-corrected chi connectivity index (χ4v) is 3.62. The SMILES string of the molecule is C#CCCC(NCC)C1(C)CCCS1. The zero-order chi connectivity index (χ0) is 10.4. The van der Waals surface area contributed by atoms with Gasteiger partial charge < -0.3 is 5.32 Å². The first-order valence-corrected chi connectivity index (χ1v) is 6.52. The van der Waals surface area contributed by atoms with Gasteiger partial charge in [-0.1, -0.05) is 6.92 Å². The predicted octanol–water partition coefficient (Wildman–Crippen LogP) is 2.66. The van der Waals surface area contributed by atoms with Gasteiger partial charge in [-0.15, -0.1) is 12.3 Å². The van der Waals surface area contributed by atoms with Crippen LogP contribution in [0.2, 0.25) is 0 Å². The van der Waals surface area contributed by atoms with Crippen molar-refractivity contribution in [2.75, 3.05) is 12.3 Å². The molecule has 1 heterocycles. The number of terminal acetylenes is 1. The van der Waals surface area contributed by atoms with Crippen molar-refractivity contribution >= 4 is 11.8 Å². The average molecular weight is 211 g/mol. The molecule has 0 aliphatic carbocycles. The Morgan fingerprint density at radius 2 is 2.43 bits per heavy atom.